The molecular weight excluding hydrogens is 186 g/mol. The van der Waals surface area contributed by atoms with Crippen molar-refractivity contribution in [1.82, 2.24) is 0 Å². The second-order valence-electron chi connectivity index (χ2n) is 0.879. The van der Waals surface area contributed by atoms with Crippen LogP contribution in [0, 0.1) is 0 Å². The molecule has 0 radical (unpaired) electrons. The van der Waals surface area contributed by atoms with Gasteiger partial charge in [0, 0.05) is 0 Å². The molecule has 0 aromatic rings. The van der Waals surface area contributed by atoms with Gasteiger partial charge in [0.15, 0.2) is 0 Å². The van der Waals surface area contributed by atoms with Crippen molar-refractivity contribution < 1.29 is 18.9 Å². The molecule has 4 nitrogen and oxygen atoms in total. The molecule has 2 unspecified atom stereocenters. The van der Waals surface area contributed by atoms with E-state index in [1.54, 1.807) is 0 Å². The predicted octanol–water partition coefficient (Wildman–Crippen LogP) is -0.307. The topological polar surface area (TPSA) is 80.3 Å². The molecular formula is C3H10MgO4P2+2. The van der Waals surface area contributed by atoms with E-state index in [2.05, 4.69) is 0 Å². The Kier molecular flexibility index (Phi) is 36.9. The van der Waals surface area contributed by atoms with Crippen molar-refractivity contribution >= 4 is 39.1 Å². The molecule has 0 bridgehead atoms. The molecule has 7 heteroatoms. The van der Waals surface area contributed by atoms with E-state index in [0.717, 1.165) is 13.3 Å². The van der Waals surface area contributed by atoms with Crippen LogP contribution in [0.25, 0.3) is 0 Å². The van der Waals surface area contributed by atoms with Gasteiger partial charge in [-0.1, -0.05) is 16.6 Å². The van der Waals surface area contributed by atoms with Crippen LogP contribution in [0.15, 0.2) is 0 Å². The van der Waals surface area contributed by atoms with Gasteiger partial charge in [0.1, 0.15) is 13.3 Å². The molecule has 0 aromatic heterocycles. The van der Waals surface area contributed by atoms with E-state index in [-0.39, 0.29) is 30.5 Å². The van der Waals surface area contributed by atoms with Gasteiger partial charge in [-0.2, -0.15) is 0 Å². The molecule has 56 valence electrons. The normalized spacial score (nSPS) is 8.80. The van der Waals surface area contributed by atoms with Gasteiger partial charge in [0.05, 0.1) is 0 Å². The summed E-state index contributed by atoms with van der Waals surface area (Å²) in [5, 5.41) is 0. The van der Waals surface area contributed by atoms with Crippen molar-refractivity contribution in [2.45, 2.75) is 7.43 Å². The monoisotopic (exact) mass is 196 g/mol. The predicted molar refractivity (Wildman–Crippen MR) is 39.5 cm³/mol. The molecule has 10 heavy (non-hydrogen) atoms. The Balaban J connectivity index is -0.0000000300. The van der Waals surface area contributed by atoms with Crippen molar-refractivity contribution in [3.63, 3.8) is 0 Å². The zero-order chi connectivity index (χ0) is 7.15. The van der Waals surface area contributed by atoms with Gasteiger partial charge in [-0.3, -0.25) is 0 Å². The molecule has 0 aliphatic rings. The summed E-state index contributed by atoms with van der Waals surface area (Å²) in [4.78, 5) is 18.1. The molecule has 0 aliphatic carbocycles. The molecule has 0 amide bonds. The third kappa shape index (κ3) is 704. The fourth-order valence-corrected chi connectivity index (χ4v) is 0. The van der Waals surface area contributed by atoms with E-state index in [9.17, 15) is 0 Å². The van der Waals surface area contributed by atoms with Gasteiger partial charge in [-0.25, -0.2) is 0 Å². The van der Waals surface area contributed by atoms with Crippen LogP contribution in [0.3, 0.4) is 0 Å². The SMILES string of the molecule is C.C[P+](=O)[O-].C[P+](=O)[O-].[Mg+2]. The van der Waals surface area contributed by atoms with Gasteiger partial charge in [0.25, 0.3) is 0 Å². The Bertz CT molecular complexity index is 76.5. The van der Waals surface area contributed by atoms with E-state index in [1.165, 1.54) is 0 Å². The Morgan fingerprint density at radius 1 is 1.00 bits per heavy atom. The first-order valence-corrected chi connectivity index (χ1v) is 4.87. The molecule has 0 rings (SSSR count). The van der Waals surface area contributed by atoms with E-state index < -0.39 is 16.1 Å². The average molecular weight is 196 g/mol. The van der Waals surface area contributed by atoms with Crippen molar-refractivity contribution in [3.8, 4) is 0 Å². The maximum atomic E-state index is 9.04. The fourth-order valence-electron chi connectivity index (χ4n) is 0. The second-order valence-corrected chi connectivity index (χ2v) is 2.64. The van der Waals surface area contributed by atoms with Crippen LogP contribution in [-0.4, -0.2) is 36.4 Å². The third-order valence-corrected chi connectivity index (χ3v) is 0. The summed E-state index contributed by atoms with van der Waals surface area (Å²) in [6.45, 7) is 2.24. The number of hydrogen-bond acceptors (Lipinski definition) is 4. The van der Waals surface area contributed by atoms with E-state index in [0.29, 0.717) is 0 Å². The van der Waals surface area contributed by atoms with Gasteiger partial charge < -0.3 is 9.79 Å². The largest absolute Gasteiger partial charge is 2.00 e. The minimum atomic E-state index is -2.12. The smallest absolute Gasteiger partial charge is 0.596 e. The third-order valence-electron chi connectivity index (χ3n) is 0. The number of hydrogen-bond donors (Lipinski definition) is 0. The molecule has 0 aromatic carbocycles. The zero-order valence-electron chi connectivity index (χ0n) is 5.23. The zero-order valence-corrected chi connectivity index (χ0v) is 8.44. The van der Waals surface area contributed by atoms with Crippen LogP contribution in [0.1, 0.15) is 7.43 Å². The molecule has 0 fully saturated rings. The standard InChI is InChI=1S/2CH3O2P.CH4.Mg/c2*1-4(2)3;;/h2*1H3;1H4;/q;;;+2. The van der Waals surface area contributed by atoms with Crippen LogP contribution in [0.4, 0.5) is 0 Å². The maximum absolute atomic E-state index is 9.04. The van der Waals surface area contributed by atoms with E-state index >= 15 is 0 Å². The summed E-state index contributed by atoms with van der Waals surface area (Å²) in [5.41, 5.74) is 0. The quantitative estimate of drug-likeness (QED) is 0.393. The van der Waals surface area contributed by atoms with Gasteiger partial charge in [0.2, 0.25) is 0 Å². The first kappa shape index (κ1) is 22.4. The summed E-state index contributed by atoms with van der Waals surface area (Å²) < 4.78 is 18.1. The Hall–Kier alpha value is 0.886. The molecule has 0 N–H and O–H groups in total. The fraction of sp³-hybridized carbons (Fsp3) is 1.00. The summed E-state index contributed by atoms with van der Waals surface area (Å²) in [7, 11) is -4.24. The van der Waals surface area contributed by atoms with Crippen LogP contribution in [0.2, 0.25) is 0 Å². The van der Waals surface area contributed by atoms with Crippen molar-refractivity contribution in [2.75, 3.05) is 13.3 Å². The van der Waals surface area contributed by atoms with Crippen molar-refractivity contribution in [3.05, 3.63) is 0 Å². The van der Waals surface area contributed by atoms with Gasteiger partial charge in [-0.15, -0.1) is 0 Å². The summed E-state index contributed by atoms with van der Waals surface area (Å²) in [6, 6.07) is 0. The molecule has 2 atom stereocenters. The first-order chi connectivity index (χ1) is 3.46. The van der Waals surface area contributed by atoms with E-state index in [1.807, 2.05) is 0 Å². The Labute approximate surface area is 78.9 Å². The van der Waals surface area contributed by atoms with Crippen molar-refractivity contribution in [2.24, 2.45) is 0 Å². The molecule has 0 aliphatic heterocycles. The van der Waals surface area contributed by atoms with Crippen molar-refractivity contribution in [1.29, 1.82) is 0 Å². The summed E-state index contributed by atoms with van der Waals surface area (Å²) >= 11 is 0. The molecule has 0 saturated heterocycles. The van der Waals surface area contributed by atoms with Crippen LogP contribution in [0.5, 0.6) is 0 Å². The maximum Gasteiger partial charge on any atom is 2.00 e. The second kappa shape index (κ2) is 16.5. The molecule has 0 heterocycles. The Morgan fingerprint density at radius 2 is 1.00 bits per heavy atom. The summed E-state index contributed by atoms with van der Waals surface area (Å²) in [6.07, 6.45) is 0. The first-order valence-electron chi connectivity index (χ1n) is 1.62. The number of rotatable bonds is 0. The van der Waals surface area contributed by atoms with Crippen LogP contribution in [-0.2, 0) is 9.13 Å². The van der Waals surface area contributed by atoms with E-state index in [4.69, 9.17) is 18.9 Å². The Morgan fingerprint density at radius 3 is 1.00 bits per heavy atom. The van der Waals surface area contributed by atoms with Gasteiger partial charge >= 0.3 is 39.1 Å². The molecule has 0 saturated carbocycles. The van der Waals surface area contributed by atoms with Crippen LogP contribution >= 0.6 is 16.1 Å². The van der Waals surface area contributed by atoms with Crippen LogP contribution < -0.4 is 9.79 Å². The van der Waals surface area contributed by atoms with Gasteiger partial charge in [-0.05, 0) is 0 Å². The average Bonchev–Trinajstić information content (AvgIpc) is 1.25. The minimum Gasteiger partial charge on any atom is -0.596 e. The summed E-state index contributed by atoms with van der Waals surface area (Å²) in [5.74, 6) is 0. The molecule has 0 spiro atoms. The minimum absolute atomic E-state index is 0.